The summed E-state index contributed by atoms with van der Waals surface area (Å²) in [5.41, 5.74) is 1.43. The second-order valence-electron chi connectivity index (χ2n) is 6.09. The van der Waals surface area contributed by atoms with E-state index in [1.165, 1.54) is 0 Å². The molecule has 0 unspecified atom stereocenters. The normalized spacial score (nSPS) is 11.2. The number of aromatic nitrogens is 2. The molecule has 0 spiro atoms. The maximum Gasteiger partial charge on any atom is 0.224 e. The summed E-state index contributed by atoms with van der Waals surface area (Å²) in [6.07, 6.45) is 3.67. The van der Waals surface area contributed by atoms with Gasteiger partial charge in [0.05, 0.1) is 18.1 Å². The van der Waals surface area contributed by atoms with Gasteiger partial charge in [-0.1, -0.05) is 32.4 Å². The Morgan fingerprint density at radius 2 is 1.71 bits per heavy atom. The summed E-state index contributed by atoms with van der Waals surface area (Å²) in [7, 11) is 0. The summed E-state index contributed by atoms with van der Waals surface area (Å²) in [4.78, 5) is 20.4. The molecule has 1 aromatic heterocycles. The minimum Gasteiger partial charge on any atom is -0.323 e. The van der Waals surface area contributed by atoms with E-state index in [0.29, 0.717) is 23.0 Å². The highest BCUT2D eigenvalue weighted by Crippen LogP contribution is 2.20. The zero-order chi connectivity index (χ0) is 15.5. The van der Waals surface area contributed by atoms with Crippen molar-refractivity contribution in [3.05, 3.63) is 41.7 Å². The first-order valence-electron chi connectivity index (χ1n) is 6.71. The van der Waals surface area contributed by atoms with Crippen molar-refractivity contribution in [3.8, 4) is 11.4 Å². The van der Waals surface area contributed by atoms with E-state index in [0.717, 1.165) is 5.56 Å². The standard InChI is InChI=1S/C16H18ClN3O/c1-16(2,3)8-14(21)20-13-9-18-15(19-10-13)11-4-6-12(17)7-5-11/h4-7,9-10H,8H2,1-3H3,(H,20,21). The molecule has 2 aromatic rings. The number of amides is 1. The van der Waals surface area contributed by atoms with Crippen molar-refractivity contribution < 1.29 is 4.79 Å². The predicted molar refractivity (Wildman–Crippen MR) is 85.2 cm³/mol. The number of hydrogen-bond acceptors (Lipinski definition) is 3. The van der Waals surface area contributed by atoms with Crippen molar-refractivity contribution in [2.75, 3.05) is 5.32 Å². The lowest BCUT2D eigenvalue weighted by molar-refractivity contribution is -0.117. The molecule has 1 N–H and O–H groups in total. The Bertz CT molecular complexity index is 615. The smallest absolute Gasteiger partial charge is 0.224 e. The molecular weight excluding hydrogens is 286 g/mol. The second-order valence-corrected chi connectivity index (χ2v) is 6.52. The Labute approximate surface area is 129 Å². The number of carbonyl (C=O) groups is 1. The van der Waals surface area contributed by atoms with Crippen molar-refractivity contribution in [1.82, 2.24) is 9.97 Å². The minimum atomic E-state index is -0.0474. The third kappa shape index (κ3) is 4.83. The number of nitrogens with one attached hydrogen (secondary N) is 1. The predicted octanol–water partition coefficient (Wildman–Crippen LogP) is 4.17. The third-order valence-corrected chi connectivity index (χ3v) is 2.98. The average Bonchev–Trinajstić information content (AvgIpc) is 2.38. The zero-order valence-corrected chi connectivity index (χ0v) is 13.1. The molecule has 1 aromatic carbocycles. The topological polar surface area (TPSA) is 54.9 Å². The maximum absolute atomic E-state index is 11.8. The molecule has 2 rings (SSSR count). The Balaban J connectivity index is 2.05. The SMILES string of the molecule is CC(C)(C)CC(=O)Nc1cnc(-c2ccc(Cl)cc2)nc1. The van der Waals surface area contributed by atoms with Crippen molar-refractivity contribution in [3.63, 3.8) is 0 Å². The van der Waals surface area contributed by atoms with Gasteiger partial charge in [0, 0.05) is 17.0 Å². The van der Waals surface area contributed by atoms with Gasteiger partial charge in [-0.25, -0.2) is 9.97 Å². The summed E-state index contributed by atoms with van der Waals surface area (Å²) >= 11 is 5.85. The molecule has 0 saturated heterocycles. The Morgan fingerprint density at radius 3 is 2.24 bits per heavy atom. The molecule has 4 nitrogen and oxygen atoms in total. The van der Waals surface area contributed by atoms with E-state index in [9.17, 15) is 4.79 Å². The van der Waals surface area contributed by atoms with Crippen LogP contribution in [-0.2, 0) is 4.79 Å². The molecule has 0 atom stereocenters. The first-order chi connectivity index (χ1) is 9.83. The van der Waals surface area contributed by atoms with Crippen LogP contribution in [-0.4, -0.2) is 15.9 Å². The van der Waals surface area contributed by atoms with Crippen LogP contribution in [0.15, 0.2) is 36.7 Å². The van der Waals surface area contributed by atoms with E-state index in [1.54, 1.807) is 24.5 Å². The number of carbonyl (C=O) groups excluding carboxylic acids is 1. The maximum atomic E-state index is 11.8. The summed E-state index contributed by atoms with van der Waals surface area (Å²) in [6.45, 7) is 6.06. The zero-order valence-electron chi connectivity index (χ0n) is 12.4. The molecule has 21 heavy (non-hydrogen) atoms. The highest BCUT2D eigenvalue weighted by molar-refractivity contribution is 6.30. The van der Waals surface area contributed by atoms with Gasteiger partial charge >= 0.3 is 0 Å². The van der Waals surface area contributed by atoms with E-state index < -0.39 is 0 Å². The van der Waals surface area contributed by atoms with E-state index in [-0.39, 0.29) is 11.3 Å². The van der Waals surface area contributed by atoms with Crippen LogP contribution < -0.4 is 5.32 Å². The van der Waals surface area contributed by atoms with Gasteiger partial charge in [0.25, 0.3) is 0 Å². The van der Waals surface area contributed by atoms with Crippen LogP contribution in [0.3, 0.4) is 0 Å². The highest BCUT2D eigenvalue weighted by Gasteiger charge is 2.16. The van der Waals surface area contributed by atoms with Gasteiger partial charge < -0.3 is 5.32 Å². The summed E-state index contributed by atoms with van der Waals surface area (Å²) in [5, 5.41) is 3.47. The number of nitrogens with zero attached hydrogens (tertiary/aromatic N) is 2. The van der Waals surface area contributed by atoms with Crippen molar-refractivity contribution in [2.45, 2.75) is 27.2 Å². The quantitative estimate of drug-likeness (QED) is 0.925. The monoisotopic (exact) mass is 303 g/mol. The molecule has 0 aliphatic heterocycles. The van der Waals surface area contributed by atoms with Gasteiger partial charge in [0.15, 0.2) is 5.82 Å². The first-order valence-corrected chi connectivity index (χ1v) is 7.09. The summed E-state index contributed by atoms with van der Waals surface area (Å²) in [6, 6.07) is 7.30. The Morgan fingerprint density at radius 1 is 1.14 bits per heavy atom. The molecule has 0 saturated carbocycles. The van der Waals surface area contributed by atoms with Crippen LogP contribution in [0.2, 0.25) is 5.02 Å². The van der Waals surface area contributed by atoms with Gasteiger partial charge in [-0.2, -0.15) is 0 Å². The van der Waals surface area contributed by atoms with Crippen molar-refractivity contribution in [2.24, 2.45) is 5.41 Å². The van der Waals surface area contributed by atoms with Gasteiger partial charge in [-0.05, 0) is 29.7 Å². The first kappa shape index (κ1) is 15.4. The van der Waals surface area contributed by atoms with Gasteiger partial charge in [0.1, 0.15) is 0 Å². The molecule has 1 amide bonds. The Hall–Kier alpha value is -1.94. The lowest BCUT2D eigenvalue weighted by atomic mass is 9.92. The van der Waals surface area contributed by atoms with Gasteiger partial charge in [-0.3, -0.25) is 4.79 Å². The number of hydrogen-bond donors (Lipinski definition) is 1. The molecule has 0 aliphatic carbocycles. The Kier molecular flexibility index (Phi) is 4.58. The summed E-state index contributed by atoms with van der Waals surface area (Å²) < 4.78 is 0. The molecule has 0 radical (unpaired) electrons. The fraction of sp³-hybridized carbons (Fsp3) is 0.312. The summed E-state index contributed by atoms with van der Waals surface area (Å²) in [5.74, 6) is 0.561. The van der Waals surface area contributed by atoms with Crippen LogP contribution >= 0.6 is 11.6 Å². The van der Waals surface area contributed by atoms with Crippen LogP contribution in [0.5, 0.6) is 0 Å². The van der Waals surface area contributed by atoms with Crippen LogP contribution in [0.4, 0.5) is 5.69 Å². The number of halogens is 1. The number of benzene rings is 1. The van der Waals surface area contributed by atoms with E-state index in [4.69, 9.17) is 11.6 Å². The van der Waals surface area contributed by atoms with Crippen molar-refractivity contribution in [1.29, 1.82) is 0 Å². The molecular formula is C16H18ClN3O. The van der Waals surface area contributed by atoms with Gasteiger partial charge in [0.2, 0.25) is 5.91 Å². The van der Waals surface area contributed by atoms with Crippen molar-refractivity contribution >= 4 is 23.2 Å². The molecule has 1 heterocycles. The fourth-order valence-electron chi connectivity index (χ4n) is 1.83. The molecule has 0 bridgehead atoms. The lowest BCUT2D eigenvalue weighted by Gasteiger charge is -2.17. The average molecular weight is 304 g/mol. The second kappa shape index (κ2) is 6.22. The fourth-order valence-corrected chi connectivity index (χ4v) is 1.95. The van der Waals surface area contributed by atoms with Crippen LogP contribution in [0, 0.1) is 5.41 Å². The number of anilines is 1. The number of rotatable bonds is 3. The third-order valence-electron chi connectivity index (χ3n) is 2.73. The highest BCUT2D eigenvalue weighted by atomic mass is 35.5. The lowest BCUT2D eigenvalue weighted by Crippen LogP contribution is -2.19. The molecule has 5 heteroatoms. The minimum absolute atomic E-state index is 0.0367. The van der Waals surface area contributed by atoms with E-state index in [1.807, 2.05) is 32.9 Å². The largest absolute Gasteiger partial charge is 0.323 e. The van der Waals surface area contributed by atoms with Crippen LogP contribution in [0.1, 0.15) is 27.2 Å². The van der Waals surface area contributed by atoms with E-state index in [2.05, 4.69) is 15.3 Å². The van der Waals surface area contributed by atoms with Crippen LogP contribution in [0.25, 0.3) is 11.4 Å². The van der Waals surface area contributed by atoms with Gasteiger partial charge in [-0.15, -0.1) is 0 Å². The molecule has 0 aliphatic rings. The molecule has 0 fully saturated rings. The van der Waals surface area contributed by atoms with E-state index >= 15 is 0 Å². The molecule has 110 valence electrons.